The Hall–Kier alpha value is -2.13. The van der Waals surface area contributed by atoms with Crippen LogP contribution in [-0.4, -0.2) is 5.78 Å². The van der Waals surface area contributed by atoms with Crippen molar-refractivity contribution in [2.75, 3.05) is 0 Å². The van der Waals surface area contributed by atoms with Crippen LogP contribution >= 0.6 is 11.6 Å². The Morgan fingerprint density at radius 3 is 1.93 bits per heavy atom. The number of benzene rings is 1. The quantitative estimate of drug-likeness (QED) is 0.308. The molecule has 2 aromatic rings. The maximum Gasteiger partial charge on any atom is 0.200 e. The standard InChI is InChI=1S/C25H30ClFO2.C7H16.C4H10/c1-8-9-18-14-22(23(28)15(2)3)29-24(18)19(25(5,6)7)12-16(4)17-10-11-20(26)21(27)13-17;1-5-6-7(2,3)4;1-3-4-2/h9-15H,8H2,1-7H3;5-6H2,1-4H3;3-4H2,1-2H3/b16-12+,18-9+,24-19-;;. The molecule has 0 spiro atoms. The van der Waals surface area contributed by atoms with Gasteiger partial charge in [0.2, 0.25) is 5.78 Å². The fourth-order valence-corrected chi connectivity index (χ4v) is 3.92. The van der Waals surface area contributed by atoms with Crippen LogP contribution in [0.4, 0.5) is 4.39 Å². The normalized spacial score (nSPS) is 13.4. The van der Waals surface area contributed by atoms with Gasteiger partial charge in [-0.1, -0.05) is 132 Å². The van der Waals surface area contributed by atoms with E-state index in [1.807, 2.05) is 32.9 Å². The molecule has 4 heteroatoms. The van der Waals surface area contributed by atoms with Gasteiger partial charge in [-0.05, 0) is 59.9 Å². The molecule has 0 saturated carbocycles. The summed E-state index contributed by atoms with van der Waals surface area (Å²) >= 11 is 5.82. The molecule has 226 valence electrons. The summed E-state index contributed by atoms with van der Waals surface area (Å²) in [5, 5.41) is 1.01. The van der Waals surface area contributed by atoms with E-state index in [-0.39, 0.29) is 22.1 Å². The number of carbonyl (C=O) groups excluding carboxylic acids is 1. The van der Waals surface area contributed by atoms with Crippen molar-refractivity contribution in [3.8, 4) is 0 Å². The number of hydrogen-bond acceptors (Lipinski definition) is 2. The van der Waals surface area contributed by atoms with E-state index in [0.717, 1.165) is 28.3 Å². The summed E-state index contributed by atoms with van der Waals surface area (Å²) in [7, 11) is 0. The Morgan fingerprint density at radius 2 is 1.55 bits per heavy atom. The maximum absolute atomic E-state index is 13.9. The largest absolute Gasteiger partial charge is 0.453 e. The monoisotopic (exact) mass is 574 g/mol. The van der Waals surface area contributed by atoms with Gasteiger partial charge >= 0.3 is 0 Å². The first-order chi connectivity index (χ1) is 18.4. The van der Waals surface area contributed by atoms with Gasteiger partial charge in [0.25, 0.3) is 0 Å². The summed E-state index contributed by atoms with van der Waals surface area (Å²) in [5.41, 5.74) is 3.58. The first kappa shape index (κ1) is 37.9. The van der Waals surface area contributed by atoms with Gasteiger partial charge in [-0.25, -0.2) is 4.39 Å². The zero-order chi connectivity index (χ0) is 31.3. The third kappa shape index (κ3) is 13.5. The highest BCUT2D eigenvalue weighted by atomic mass is 35.5. The molecular formula is C36H56ClFO2. The number of furan rings is 1. The summed E-state index contributed by atoms with van der Waals surface area (Å²) in [5.74, 6) is -0.233. The molecule has 0 saturated heterocycles. The highest BCUT2D eigenvalue weighted by Crippen LogP contribution is 2.30. The van der Waals surface area contributed by atoms with Crippen LogP contribution in [0.2, 0.25) is 5.02 Å². The average Bonchev–Trinajstić information content (AvgIpc) is 3.26. The number of rotatable bonds is 7. The number of Topliss-reactive ketones (excluding diaryl/α,β-unsaturated/α-hetero) is 1. The molecule has 1 heterocycles. The maximum atomic E-state index is 13.9. The molecule has 0 N–H and O–H groups in total. The SMILES string of the molecule is CCCC.CCCC(C)(C)C.CC\C=c1/cc(C(=O)C(C)C)o/c1=C(/C=C(\C)c1ccc(Cl)c(F)c1)C(C)(C)C. The molecule has 0 amide bonds. The predicted octanol–water partition coefficient (Wildman–Crippen LogP) is 11.0. The van der Waals surface area contributed by atoms with Gasteiger partial charge in [0, 0.05) is 16.7 Å². The van der Waals surface area contributed by atoms with Crippen LogP contribution in [0.3, 0.4) is 0 Å². The minimum absolute atomic E-state index is 0.0178. The molecule has 2 nitrogen and oxygen atoms in total. The highest BCUT2D eigenvalue weighted by molar-refractivity contribution is 6.30. The summed E-state index contributed by atoms with van der Waals surface area (Å²) < 4.78 is 20.0. The number of halogens is 2. The second-order valence-electron chi connectivity index (χ2n) is 13.0. The summed E-state index contributed by atoms with van der Waals surface area (Å²) in [4.78, 5) is 12.5. The van der Waals surface area contributed by atoms with E-state index >= 15 is 0 Å². The molecule has 0 bridgehead atoms. The lowest BCUT2D eigenvalue weighted by atomic mass is 9.84. The second kappa shape index (κ2) is 17.6. The minimum Gasteiger partial charge on any atom is -0.453 e. The van der Waals surface area contributed by atoms with Gasteiger partial charge in [0.05, 0.1) is 5.02 Å². The van der Waals surface area contributed by atoms with Gasteiger partial charge in [-0.3, -0.25) is 4.79 Å². The van der Waals surface area contributed by atoms with Crippen LogP contribution in [0.25, 0.3) is 17.2 Å². The van der Waals surface area contributed by atoms with E-state index in [4.69, 9.17) is 16.0 Å². The van der Waals surface area contributed by atoms with Crippen molar-refractivity contribution in [2.24, 2.45) is 16.7 Å². The van der Waals surface area contributed by atoms with E-state index in [9.17, 15) is 9.18 Å². The Balaban J connectivity index is 0.00000117. The fourth-order valence-electron chi connectivity index (χ4n) is 3.81. The van der Waals surface area contributed by atoms with Crippen LogP contribution in [0.15, 0.2) is 34.8 Å². The van der Waals surface area contributed by atoms with Gasteiger partial charge in [0.1, 0.15) is 11.2 Å². The molecule has 0 atom stereocenters. The van der Waals surface area contributed by atoms with Crippen LogP contribution in [0.1, 0.15) is 138 Å². The van der Waals surface area contributed by atoms with E-state index in [0.29, 0.717) is 16.6 Å². The van der Waals surface area contributed by atoms with Gasteiger partial charge < -0.3 is 4.42 Å². The van der Waals surface area contributed by atoms with Crippen molar-refractivity contribution >= 4 is 34.6 Å². The molecule has 0 fully saturated rings. The van der Waals surface area contributed by atoms with E-state index in [2.05, 4.69) is 75.3 Å². The number of allylic oxidation sites excluding steroid dienone is 2. The molecular weight excluding hydrogens is 519 g/mol. The van der Waals surface area contributed by atoms with Crippen molar-refractivity contribution < 1.29 is 13.6 Å². The predicted molar refractivity (Wildman–Crippen MR) is 175 cm³/mol. The van der Waals surface area contributed by atoms with Crippen LogP contribution in [0, 0.1) is 22.6 Å². The van der Waals surface area contributed by atoms with Crippen LogP contribution in [-0.2, 0) is 0 Å². The molecule has 0 radical (unpaired) electrons. The van der Waals surface area contributed by atoms with Gasteiger partial charge in [-0.15, -0.1) is 0 Å². The second-order valence-corrected chi connectivity index (χ2v) is 13.4. The van der Waals surface area contributed by atoms with E-state index in [1.54, 1.807) is 12.1 Å². The topological polar surface area (TPSA) is 30.2 Å². The number of ketones is 1. The molecule has 0 aliphatic heterocycles. The minimum atomic E-state index is -0.447. The van der Waals surface area contributed by atoms with E-state index < -0.39 is 5.82 Å². The van der Waals surface area contributed by atoms with Gasteiger partial charge in [-0.2, -0.15) is 0 Å². The van der Waals surface area contributed by atoms with E-state index in [1.165, 1.54) is 31.7 Å². The average molecular weight is 575 g/mol. The molecule has 1 aromatic heterocycles. The fraction of sp³-hybridized carbons (Fsp3) is 0.583. The molecule has 40 heavy (non-hydrogen) atoms. The number of unbranched alkanes of at least 4 members (excludes halogenated alkanes) is 1. The zero-order valence-electron chi connectivity index (χ0n) is 27.6. The number of hydrogen-bond donors (Lipinski definition) is 0. The lowest BCUT2D eigenvalue weighted by Crippen LogP contribution is -2.27. The zero-order valence-corrected chi connectivity index (χ0v) is 28.4. The summed E-state index contributed by atoms with van der Waals surface area (Å²) in [6.07, 6.45) is 10.2. The molecule has 0 unspecified atom stereocenters. The molecule has 0 aliphatic carbocycles. The van der Waals surface area contributed by atoms with Crippen LogP contribution < -0.4 is 10.6 Å². The molecule has 0 aliphatic rings. The Morgan fingerprint density at radius 1 is 0.975 bits per heavy atom. The Bertz CT molecular complexity index is 1200. The molecule has 2 rings (SSSR count). The number of carbonyl (C=O) groups is 1. The highest BCUT2D eigenvalue weighted by Gasteiger charge is 2.21. The lowest BCUT2D eigenvalue weighted by molar-refractivity contribution is 0.0909. The van der Waals surface area contributed by atoms with Crippen molar-refractivity contribution in [3.63, 3.8) is 0 Å². The first-order valence-corrected chi connectivity index (χ1v) is 15.3. The Labute approximate surface area is 249 Å². The van der Waals surface area contributed by atoms with Crippen molar-refractivity contribution in [1.29, 1.82) is 0 Å². The Kier molecular flexibility index (Phi) is 16.7. The summed E-state index contributed by atoms with van der Waals surface area (Å²) in [6.45, 7) is 27.4. The van der Waals surface area contributed by atoms with Gasteiger partial charge in [0.15, 0.2) is 5.76 Å². The first-order valence-electron chi connectivity index (χ1n) is 15.0. The van der Waals surface area contributed by atoms with Crippen LogP contribution in [0.5, 0.6) is 0 Å². The third-order valence-electron chi connectivity index (χ3n) is 6.24. The lowest BCUT2D eigenvalue weighted by Gasteiger charge is -2.20. The third-order valence-corrected chi connectivity index (χ3v) is 6.55. The summed E-state index contributed by atoms with van der Waals surface area (Å²) in [6, 6.07) is 6.62. The molecule has 1 aromatic carbocycles. The van der Waals surface area contributed by atoms with Crippen molar-refractivity contribution in [3.05, 3.63) is 63.1 Å². The smallest absolute Gasteiger partial charge is 0.200 e. The van der Waals surface area contributed by atoms with Crippen molar-refractivity contribution in [1.82, 2.24) is 0 Å². The van der Waals surface area contributed by atoms with Crippen molar-refractivity contribution in [2.45, 2.75) is 122 Å².